The van der Waals surface area contributed by atoms with E-state index in [2.05, 4.69) is 22.5 Å². The Kier molecular flexibility index (Phi) is 4.02. The molecule has 1 saturated heterocycles. The van der Waals surface area contributed by atoms with Crippen LogP contribution in [0.4, 0.5) is 5.82 Å². The van der Waals surface area contributed by atoms with Crippen molar-refractivity contribution >= 4 is 17.4 Å². The summed E-state index contributed by atoms with van der Waals surface area (Å²) in [4.78, 5) is 4.25. The lowest BCUT2D eigenvalue weighted by molar-refractivity contribution is 0.346. The molecule has 0 radical (unpaired) electrons. The molecule has 1 fully saturated rings. The largest absolute Gasteiger partial charge is 0.366 e. The van der Waals surface area contributed by atoms with Crippen molar-refractivity contribution in [3.05, 3.63) is 23.4 Å². The van der Waals surface area contributed by atoms with Crippen LogP contribution in [0.1, 0.15) is 19.8 Å². The minimum Gasteiger partial charge on any atom is -0.366 e. The molecule has 2 N–H and O–H groups in total. The molecule has 2 rings (SSSR count). The second-order valence-corrected chi connectivity index (χ2v) is 4.78. The van der Waals surface area contributed by atoms with Crippen molar-refractivity contribution in [3.8, 4) is 0 Å². The first-order valence-electron chi connectivity index (χ1n) is 5.85. The average Bonchev–Trinajstić information content (AvgIpc) is 2.33. The molecule has 0 spiro atoms. The fourth-order valence-corrected chi connectivity index (χ4v) is 2.31. The fraction of sp³-hybridized carbons (Fsp3) is 0.583. The maximum absolute atomic E-state index is 6.07. The van der Waals surface area contributed by atoms with Gasteiger partial charge in [-0.2, -0.15) is 0 Å². The molecule has 0 aromatic carbocycles. The van der Waals surface area contributed by atoms with Gasteiger partial charge in [-0.25, -0.2) is 4.98 Å². The van der Waals surface area contributed by atoms with Gasteiger partial charge in [-0.05, 0) is 50.9 Å². The number of rotatable bonds is 3. The minimum absolute atomic E-state index is 0.403. The van der Waals surface area contributed by atoms with Crippen LogP contribution in [0, 0.1) is 5.92 Å². The Morgan fingerprint density at radius 1 is 1.62 bits per heavy atom. The number of pyridine rings is 1. The highest BCUT2D eigenvalue weighted by Gasteiger charge is 2.20. The van der Waals surface area contributed by atoms with Crippen LogP contribution in [0.3, 0.4) is 0 Å². The molecule has 2 heterocycles. The SMILES string of the molecule is CC(Nc1ncccc1Cl)C1CCCNC1. The second-order valence-electron chi connectivity index (χ2n) is 4.37. The molecule has 1 aromatic heterocycles. The summed E-state index contributed by atoms with van der Waals surface area (Å²) in [6.07, 6.45) is 4.29. The number of halogens is 1. The van der Waals surface area contributed by atoms with Crippen molar-refractivity contribution in [1.82, 2.24) is 10.3 Å². The smallest absolute Gasteiger partial charge is 0.144 e. The van der Waals surface area contributed by atoms with Gasteiger partial charge in [0, 0.05) is 12.2 Å². The summed E-state index contributed by atoms with van der Waals surface area (Å²) in [5.41, 5.74) is 0. The summed E-state index contributed by atoms with van der Waals surface area (Å²) in [6, 6.07) is 4.11. The molecule has 16 heavy (non-hydrogen) atoms. The molecule has 0 saturated carbocycles. The molecule has 0 amide bonds. The molecule has 3 nitrogen and oxygen atoms in total. The standard InChI is InChI=1S/C12H18ClN3/c1-9(10-4-2-6-14-8-10)16-12-11(13)5-3-7-15-12/h3,5,7,9-10,14H,2,4,6,8H2,1H3,(H,15,16). The van der Waals surface area contributed by atoms with Crippen molar-refractivity contribution in [3.63, 3.8) is 0 Å². The number of nitrogens with zero attached hydrogens (tertiary/aromatic N) is 1. The Labute approximate surface area is 102 Å². The van der Waals surface area contributed by atoms with Crippen molar-refractivity contribution in [2.45, 2.75) is 25.8 Å². The molecule has 4 heteroatoms. The second kappa shape index (κ2) is 5.51. The molecule has 1 aromatic rings. The molecule has 0 bridgehead atoms. The van der Waals surface area contributed by atoms with E-state index in [1.807, 2.05) is 12.1 Å². The van der Waals surface area contributed by atoms with Crippen molar-refractivity contribution in [2.75, 3.05) is 18.4 Å². The lowest BCUT2D eigenvalue weighted by Gasteiger charge is -2.29. The zero-order valence-corrected chi connectivity index (χ0v) is 10.3. The van der Waals surface area contributed by atoms with Gasteiger partial charge >= 0.3 is 0 Å². The van der Waals surface area contributed by atoms with E-state index >= 15 is 0 Å². The Morgan fingerprint density at radius 3 is 3.19 bits per heavy atom. The van der Waals surface area contributed by atoms with Crippen molar-refractivity contribution in [2.24, 2.45) is 5.92 Å². The first-order chi connectivity index (χ1) is 7.77. The van der Waals surface area contributed by atoms with E-state index in [0.29, 0.717) is 17.0 Å². The monoisotopic (exact) mass is 239 g/mol. The van der Waals surface area contributed by atoms with Gasteiger partial charge in [-0.1, -0.05) is 11.6 Å². The van der Waals surface area contributed by atoms with Crippen molar-refractivity contribution in [1.29, 1.82) is 0 Å². The Bertz CT molecular complexity index is 337. The molecule has 2 unspecified atom stereocenters. The van der Waals surface area contributed by atoms with Crippen LogP contribution in [-0.4, -0.2) is 24.1 Å². The molecular weight excluding hydrogens is 222 g/mol. The summed E-state index contributed by atoms with van der Waals surface area (Å²) >= 11 is 6.07. The first kappa shape index (κ1) is 11.7. The summed E-state index contributed by atoms with van der Waals surface area (Å²) in [5.74, 6) is 1.45. The summed E-state index contributed by atoms with van der Waals surface area (Å²) in [7, 11) is 0. The summed E-state index contributed by atoms with van der Waals surface area (Å²) < 4.78 is 0. The average molecular weight is 240 g/mol. The van der Waals surface area contributed by atoms with Crippen molar-refractivity contribution < 1.29 is 0 Å². The predicted molar refractivity (Wildman–Crippen MR) is 67.9 cm³/mol. The number of nitrogens with one attached hydrogen (secondary N) is 2. The van der Waals surface area contributed by atoms with Gasteiger partial charge in [0.1, 0.15) is 5.82 Å². The van der Waals surface area contributed by atoms with E-state index in [0.717, 1.165) is 18.9 Å². The van der Waals surface area contributed by atoms with Gasteiger partial charge in [-0.3, -0.25) is 0 Å². The van der Waals surface area contributed by atoms with E-state index < -0.39 is 0 Å². The third-order valence-corrected chi connectivity index (χ3v) is 3.47. The van der Waals surface area contributed by atoms with Gasteiger partial charge in [-0.15, -0.1) is 0 Å². The van der Waals surface area contributed by atoms with E-state index in [-0.39, 0.29) is 0 Å². The zero-order chi connectivity index (χ0) is 11.4. The number of anilines is 1. The number of hydrogen-bond donors (Lipinski definition) is 2. The van der Waals surface area contributed by atoms with Crippen LogP contribution in [0.5, 0.6) is 0 Å². The maximum Gasteiger partial charge on any atom is 0.144 e. The van der Waals surface area contributed by atoms with E-state index in [1.165, 1.54) is 12.8 Å². The van der Waals surface area contributed by atoms with Gasteiger partial charge in [0.25, 0.3) is 0 Å². The first-order valence-corrected chi connectivity index (χ1v) is 6.23. The summed E-state index contributed by atoms with van der Waals surface area (Å²) in [5, 5.41) is 7.51. The Hall–Kier alpha value is -0.800. The Morgan fingerprint density at radius 2 is 2.50 bits per heavy atom. The topological polar surface area (TPSA) is 37.0 Å². The molecule has 88 valence electrons. The lowest BCUT2D eigenvalue weighted by Crippen LogP contribution is -2.38. The highest BCUT2D eigenvalue weighted by atomic mass is 35.5. The third-order valence-electron chi connectivity index (χ3n) is 3.16. The van der Waals surface area contributed by atoms with E-state index in [9.17, 15) is 0 Å². The highest BCUT2D eigenvalue weighted by Crippen LogP contribution is 2.22. The van der Waals surface area contributed by atoms with Gasteiger partial charge in [0.2, 0.25) is 0 Å². The van der Waals surface area contributed by atoms with Gasteiger partial charge < -0.3 is 10.6 Å². The van der Waals surface area contributed by atoms with Gasteiger partial charge in [0.05, 0.1) is 5.02 Å². The molecule has 1 aliphatic rings. The van der Waals surface area contributed by atoms with Crippen LogP contribution < -0.4 is 10.6 Å². The van der Waals surface area contributed by atoms with Crippen LogP contribution in [-0.2, 0) is 0 Å². The van der Waals surface area contributed by atoms with E-state index in [4.69, 9.17) is 11.6 Å². The maximum atomic E-state index is 6.07. The molecule has 1 aliphatic heterocycles. The zero-order valence-electron chi connectivity index (χ0n) is 9.54. The highest BCUT2D eigenvalue weighted by molar-refractivity contribution is 6.32. The number of hydrogen-bond acceptors (Lipinski definition) is 3. The summed E-state index contributed by atoms with van der Waals surface area (Å²) in [6.45, 7) is 4.43. The van der Waals surface area contributed by atoms with Crippen LogP contribution in [0.2, 0.25) is 5.02 Å². The molecular formula is C12H18ClN3. The van der Waals surface area contributed by atoms with Crippen LogP contribution in [0.25, 0.3) is 0 Å². The lowest BCUT2D eigenvalue weighted by atomic mass is 9.93. The number of piperidine rings is 1. The fourth-order valence-electron chi connectivity index (χ4n) is 2.13. The molecule has 0 aliphatic carbocycles. The normalized spacial score (nSPS) is 22.8. The minimum atomic E-state index is 0.403. The van der Waals surface area contributed by atoms with Crippen LogP contribution >= 0.6 is 11.6 Å². The quantitative estimate of drug-likeness (QED) is 0.851. The Balaban J connectivity index is 1.96. The van der Waals surface area contributed by atoms with Crippen LogP contribution in [0.15, 0.2) is 18.3 Å². The van der Waals surface area contributed by atoms with E-state index in [1.54, 1.807) is 6.20 Å². The third kappa shape index (κ3) is 2.86. The number of aromatic nitrogens is 1. The molecule has 2 atom stereocenters. The van der Waals surface area contributed by atoms with Gasteiger partial charge in [0.15, 0.2) is 0 Å². The predicted octanol–water partition coefficient (Wildman–Crippen LogP) is 2.54.